The van der Waals surface area contributed by atoms with Gasteiger partial charge < -0.3 is 9.88 Å². The van der Waals surface area contributed by atoms with Crippen molar-refractivity contribution in [3.63, 3.8) is 0 Å². The summed E-state index contributed by atoms with van der Waals surface area (Å²) in [6.07, 6.45) is 9.56. The topological polar surface area (TPSA) is 46.9 Å². The summed E-state index contributed by atoms with van der Waals surface area (Å²) in [7, 11) is 0. The quantitative estimate of drug-likeness (QED) is 0.849. The predicted octanol–water partition coefficient (Wildman–Crippen LogP) is 2.01. The number of anilines is 1. The van der Waals surface area contributed by atoms with Crippen molar-refractivity contribution in [2.75, 3.05) is 5.32 Å². The molecule has 0 radical (unpaired) electrons. The first-order chi connectivity index (χ1) is 7.81. The minimum atomic E-state index is -0.00410. The summed E-state index contributed by atoms with van der Waals surface area (Å²) in [5.41, 5.74) is -0.00410. The number of aromatic nitrogens is 2. The van der Waals surface area contributed by atoms with Gasteiger partial charge in [0.1, 0.15) is 0 Å². The van der Waals surface area contributed by atoms with Crippen LogP contribution in [-0.4, -0.2) is 15.6 Å². The highest BCUT2D eigenvalue weighted by Gasteiger charge is 2.15. The summed E-state index contributed by atoms with van der Waals surface area (Å²) in [4.78, 5) is 16.0. The van der Waals surface area contributed by atoms with Crippen LogP contribution in [-0.2, 0) is 6.54 Å². The van der Waals surface area contributed by atoms with Crippen molar-refractivity contribution in [1.82, 2.24) is 9.55 Å². The van der Waals surface area contributed by atoms with E-state index >= 15 is 0 Å². The van der Waals surface area contributed by atoms with E-state index in [4.69, 9.17) is 0 Å². The fourth-order valence-corrected chi connectivity index (χ4v) is 2.24. The predicted molar refractivity (Wildman–Crippen MR) is 64.7 cm³/mol. The highest BCUT2D eigenvalue weighted by atomic mass is 16.1. The van der Waals surface area contributed by atoms with Crippen molar-refractivity contribution in [2.24, 2.45) is 0 Å². The van der Waals surface area contributed by atoms with E-state index in [1.165, 1.54) is 19.3 Å². The molecule has 4 heteroatoms. The molecule has 1 aromatic heterocycles. The maximum absolute atomic E-state index is 11.9. The molecule has 0 amide bonds. The van der Waals surface area contributed by atoms with E-state index in [0.29, 0.717) is 18.4 Å². The van der Waals surface area contributed by atoms with Gasteiger partial charge in [-0.25, -0.2) is 4.98 Å². The molecule has 88 valence electrons. The molecule has 1 aliphatic carbocycles. The summed E-state index contributed by atoms with van der Waals surface area (Å²) in [5.74, 6) is 0.510. The molecule has 0 spiro atoms. The van der Waals surface area contributed by atoms with E-state index in [1.54, 1.807) is 17.0 Å². The van der Waals surface area contributed by atoms with Crippen LogP contribution >= 0.6 is 0 Å². The molecule has 1 fully saturated rings. The van der Waals surface area contributed by atoms with Crippen LogP contribution in [0.4, 0.5) is 5.82 Å². The largest absolute Gasteiger partial charge is 0.363 e. The zero-order valence-corrected chi connectivity index (χ0v) is 9.78. The van der Waals surface area contributed by atoms with Crippen LogP contribution in [0.2, 0.25) is 0 Å². The van der Waals surface area contributed by atoms with E-state index in [-0.39, 0.29) is 5.56 Å². The molecule has 1 saturated carbocycles. The molecule has 0 atom stereocenters. The Morgan fingerprint density at radius 2 is 2.19 bits per heavy atom. The highest BCUT2D eigenvalue weighted by Crippen LogP contribution is 2.19. The van der Waals surface area contributed by atoms with Gasteiger partial charge in [-0.1, -0.05) is 19.3 Å². The van der Waals surface area contributed by atoms with Gasteiger partial charge in [0, 0.05) is 25.0 Å². The van der Waals surface area contributed by atoms with Gasteiger partial charge in [0.25, 0.3) is 5.56 Å². The summed E-state index contributed by atoms with van der Waals surface area (Å²) in [6.45, 7) is 2.66. The first-order valence-electron chi connectivity index (χ1n) is 6.13. The van der Waals surface area contributed by atoms with Crippen molar-refractivity contribution in [3.05, 3.63) is 22.7 Å². The molecule has 2 rings (SSSR count). The van der Waals surface area contributed by atoms with Crippen molar-refractivity contribution in [1.29, 1.82) is 0 Å². The van der Waals surface area contributed by atoms with Crippen molar-refractivity contribution in [3.8, 4) is 0 Å². The van der Waals surface area contributed by atoms with Crippen molar-refractivity contribution in [2.45, 2.75) is 51.6 Å². The normalized spacial score (nSPS) is 17.3. The Kier molecular flexibility index (Phi) is 3.59. The molecule has 4 nitrogen and oxygen atoms in total. The Balaban J connectivity index is 2.11. The zero-order valence-electron chi connectivity index (χ0n) is 9.78. The third kappa shape index (κ3) is 2.43. The minimum absolute atomic E-state index is 0.00410. The molecule has 1 N–H and O–H groups in total. The Morgan fingerprint density at radius 1 is 1.44 bits per heavy atom. The molecule has 0 bridgehead atoms. The molecule has 0 unspecified atom stereocenters. The minimum Gasteiger partial charge on any atom is -0.363 e. The molecule has 16 heavy (non-hydrogen) atoms. The van der Waals surface area contributed by atoms with Gasteiger partial charge in [-0.2, -0.15) is 0 Å². The first kappa shape index (κ1) is 11.2. The SMILES string of the molecule is CCn1ccnc(NC2CCCCC2)c1=O. The Bertz CT molecular complexity index is 393. The lowest BCUT2D eigenvalue weighted by atomic mass is 9.95. The van der Waals surface area contributed by atoms with E-state index in [1.807, 2.05) is 6.92 Å². The molecular weight excluding hydrogens is 202 g/mol. The maximum atomic E-state index is 11.9. The average Bonchev–Trinajstić information content (AvgIpc) is 2.33. The average molecular weight is 221 g/mol. The third-order valence-corrected chi connectivity index (χ3v) is 3.20. The monoisotopic (exact) mass is 221 g/mol. The van der Waals surface area contributed by atoms with Gasteiger partial charge >= 0.3 is 0 Å². The molecule has 1 heterocycles. The van der Waals surface area contributed by atoms with Crippen LogP contribution in [0, 0.1) is 0 Å². The second kappa shape index (κ2) is 5.14. The summed E-state index contributed by atoms with van der Waals surface area (Å²) in [6, 6.07) is 0.432. The lowest BCUT2D eigenvalue weighted by Gasteiger charge is -2.23. The lowest BCUT2D eigenvalue weighted by Crippen LogP contribution is -2.30. The van der Waals surface area contributed by atoms with E-state index < -0.39 is 0 Å². The molecule has 1 aromatic rings. The molecule has 0 saturated heterocycles. The fourth-order valence-electron chi connectivity index (χ4n) is 2.24. The van der Waals surface area contributed by atoms with Gasteiger partial charge in [0.15, 0.2) is 5.82 Å². The number of aryl methyl sites for hydroxylation is 1. The number of nitrogens with zero attached hydrogens (tertiary/aromatic N) is 2. The Labute approximate surface area is 95.7 Å². The van der Waals surface area contributed by atoms with Gasteiger partial charge in [0.05, 0.1) is 0 Å². The van der Waals surface area contributed by atoms with E-state index in [0.717, 1.165) is 12.8 Å². The lowest BCUT2D eigenvalue weighted by molar-refractivity contribution is 0.461. The van der Waals surface area contributed by atoms with Gasteiger partial charge in [0.2, 0.25) is 0 Å². The summed E-state index contributed by atoms with van der Waals surface area (Å²) < 4.78 is 1.68. The van der Waals surface area contributed by atoms with Gasteiger partial charge in [-0.15, -0.1) is 0 Å². The van der Waals surface area contributed by atoms with Crippen LogP contribution in [0.15, 0.2) is 17.2 Å². The number of nitrogens with one attached hydrogen (secondary N) is 1. The number of hydrogen-bond acceptors (Lipinski definition) is 3. The summed E-state index contributed by atoms with van der Waals surface area (Å²) >= 11 is 0. The Morgan fingerprint density at radius 3 is 2.88 bits per heavy atom. The molecular formula is C12H19N3O. The van der Waals surface area contributed by atoms with Crippen LogP contribution in [0.3, 0.4) is 0 Å². The maximum Gasteiger partial charge on any atom is 0.293 e. The molecule has 0 aromatic carbocycles. The van der Waals surface area contributed by atoms with E-state index in [2.05, 4.69) is 10.3 Å². The fraction of sp³-hybridized carbons (Fsp3) is 0.667. The van der Waals surface area contributed by atoms with E-state index in [9.17, 15) is 4.79 Å². The number of hydrogen-bond donors (Lipinski definition) is 1. The standard InChI is InChI=1S/C12H19N3O/c1-2-15-9-8-13-11(12(15)16)14-10-6-4-3-5-7-10/h8-10H,2-7H2,1H3,(H,13,14). The second-order valence-electron chi connectivity index (χ2n) is 4.35. The molecule has 1 aliphatic rings. The number of rotatable bonds is 3. The first-order valence-corrected chi connectivity index (χ1v) is 6.13. The van der Waals surface area contributed by atoms with Crippen molar-refractivity contribution >= 4 is 5.82 Å². The van der Waals surface area contributed by atoms with Crippen LogP contribution in [0.1, 0.15) is 39.0 Å². The molecule has 0 aliphatic heterocycles. The second-order valence-corrected chi connectivity index (χ2v) is 4.35. The van der Waals surface area contributed by atoms with Crippen molar-refractivity contribution < 1.29 is 0 Å². The van der Waals surface area contributed by atoms with Crippen LogP contribution in [0.5, 0.6) is 0 Å². The third-order valence-electron chi connectivity index (χ3n) is 3.20. The van der Waals surface area contributed by atoms with Gasteiger partial charge in [-0.3, -0.25) is 4.79 Å². The smallest absolute Gasteiger partial charge is 0.293 e. The summed E-state index contributed by atoms with van der Waals surface area (Å²) in [5, 5.41) is 3.28. The van der Waals surface area contributed by atoms with Gasteiger partial charge in [-0.05, 0) is 19.8 Å². The Hall–Kier alpha value is -1.32. The highest BCUT2D eigenvalue weighted by molar-refractivity contribution is 5.32. The van der Waals surface area contributed by atoms with Crippen LogP contribution < -0.4 is 10.9 Å². The zero-order chi connectivity index (χ0) is 11.4. The van der Waals surface area contributed by atoms with Crippen LogP contribution in [0.25, 0.3) is 0 Å².